The van der Waals surface area contributed by atoms with Gasteiger partial charge in [-0.1, -0.05) is 12.1 Å². The van der Waals surface area contributed by atoms with E-state index < -0.39 is 0 Å². The molecule has 0 bridgehead atoms. The highest BCUT2D eigenvalue weighted by molar-refractivity contribution is 5.78. The Kier molecular flexibility index (Phi) is 5.04. The van der Waals surface area contributed by atoms with Crippen LogP contribution in [0, 0.1) is 0 Å². The summed E-state index contributed by atoms with van der Waals surface area (Å²) in [4.78, 5) is 14.9. The van der Waals surface area contributed by atoms with Gasteiger partial charge in [-0.3, -0.25) is 4.79 Å². The largest absolute Gasteiger partial charge is 0.490 e. The van der Waals surface area contributed by atoms with Gasteiger partial charge in [0.25, 0.3) is 5.91 Å². The third-order valence-corrected chi connectivity index (χ3v) is 6.16. The Morgan fingerprint density at radius 1 is 0.966 bits per heavy atom. The fourth-order valence-corrected chi connectivity index (χ4v) is 4.66. The zero-order chi connectivity index (χ0) is 19.6. The van der Waals surface area contributed by atoms with Crippen molar-refractivity contribution in [3.05, 3.63) is 53.1 Å². The number of fused-ring (bicyclic) bond motifs is 2. The van der Waals surface area contributed by atoms with Gasteiger partial charge in [0.15, 0.2) is 18.1 Å². The Bertz CT molecular complexity index is 910. The second-order valence-electron chi connectivity index (χ2n) is 8.07. The highest BCUT2D eigenvalue weighted by Crippen LogP contribution is 2.38. The van der Waals surface area contributed by atoms with Crippen LogP contribution in [0.2, 0.25) is 0 Å². The topological polar surface area (TPSA) is 48.0 Å². The zero-order valence-corrected chi connectivity index (χ0v) is 16.7. The fraction of sp³-hybridized carbons (Fsp3) is 0.458. The standard InChI is InChI=1S/C24H27NO4/c26-24(16-29-20-9-7-17-4-1-5-18(17)14-20)25-11-2-6-21(25)19-8-10-22-23(15-19)28-13-3-12-27-22/h7-10,14-15,21H,1-6,11-13,16H2. The third kappa shape index (κ3) is 3.78. The molecular weight excluding hydrogens is 366 g/mol. The summed E-state index contributed by atoms with van der Waals surface area (Å²) >= 11 is 0. The molecule has 1 amide bonds. The number of nitrogens with zero attached hydrogens (tertiary/aromatic N) is 1. The molecule has 5 heteroatoms. The van der Waals surface area contributed by atoms with Gasteiger partial charge >= 0.3 is 0 Å². The summed E-state index contributed by atoms with van der Waals surface area (Å²) in [5, 5.41) is 0. The number of rotatable bonds is 4. The summed E-state index contributed by atoms with van der Waals surface area (Å²) in [5.74, 6) is 2.42. The van der Waals surface area contributed by atoms with Crippen molar-refractivity contribution in [1.82, 2.24) is 4.90 Å². The lowest BCUT2D eigenvalue weighted by Crippen LogP contribution is -2.34. The van der Waals surface area contributed by atoms with E-state index in [1.807, 2.05) is 23.1 Å². The molecule has 1 fully saturated rings. The molecule has 5 rings (SSSR count). The molecule has 2 aliphatic heterocycles. The number of aryl methyl sites for hydroxylation is 2. The van der Waals surface area contributed by atoms with Gasteiger partial charge in [-0.15, -0.1) is 0 Å². The molecule has 0 spiro atoms. The molecule has 0 saturated carbocycles. The lowest BCUT2D eigenvalue weighted by molar-refractivity contribution is -0.134. The molecule has 2 aromatic rings. The number of ether oxygens (including phenoxy) is 3. The predicted molar refractivity (Wildman–Crippen MR) is 110 cm³/mol. The second kappa shape index (κ2) is 7.97. The summed E-state index contributed by atoms with van der Waals surface area (Å²) in [6.45, 7) is 2.20. The first-order valence-electron chi connectivity index (χ1n) is 10.7. The van der Waals surface area contributed by atoms with Crippen LogP contribution < -0.4 is 14.2 Å². The number of likely N-dealkylation sites (tertiary alicyclic amines) is 1. The van der Waals surface area contributed by atoms with Crippen molar-refractivity contribution in [2.24, 2.45) is 0 Å². The molecule has 1 atom stereocenters. The number of hydrogen-bond acceptors (Lipinski definition) is 4. The monoisotopic (exact) mass is 393 g/mol. The van der Waals surface area contributed by atoms with E-state index in [1.54, 1.807) is 0 Å². The Morgan fingerprint density at radius 2 is 1.83 bits per heavy atom. The first kappa shape index (κ1) is 18.3. The van der Waals surface area contributed by atoms with Crippen LogP contribution >= 0.6 is 0 Å². The van der Waals surface area contributed by atoms with Crippen molar-refractivity contribution in [3.63, 3.8) is 0 Å². The fourth-order valence-electron chi connectivity index (χ4n) is 4.66. The Morgan fingerprint density at radius 3 is 2.76 bits per heavy atom. The minimum absolute atomic E-state index is 0.0418. The highest BCUT2D eigenvalue weighted by atomic mass is 16.5. The van der Waals surface area contributed by atoms with Crippen LogP contribution in [0.1, 0.15) is 48.4 Å². The molecule has 1 unspecified atom stereocenters. The van der Waals surface area contributed by atoms with Crippen LogP contribution in [0.15, 0.2) is 36.4 Å². The molecule has 2 aromatic carbocycles. The van der Waals surface area contributed by atoms with E-state index >= 15 is 0 Å². The van der Waals surface area contributed by atoms with Crippen LogP contribution in [-0.2, 0) is 17.6 Å². The minimum Gasteiger partial charge on any atom is -0.490 e. The first-order chi connectivity index (χ1) is 14.3. The summed E-state index contributed by atoms with van der Waals surface area (Å²) in [6.07, 6.45) is 6.33. The Balaban J connectivity index is 1.26. The number of carbonyl (C=O) groups is 1. The maximum Gasteiger partial charge on any atom is 0.261 e. The maximum absolute atomic E-state index is 12.9. The quantitative estimate of drug-likeness (QED) is 0.785. The van der Waals surface area contributed by atoms with Gasteiger partial charge in [-0.2, -0.15) is 0 Å². The molecule has 152 valence electrons. The van der Waals surface area contributed by atoms with Crippen molar-refractivity contribution >= 4 is 5.91 Å². The van der Waals surface area contributed by atoms with Gasteiger partial charge in [0.1, 0.15) is 5.75 Å². The molecule has 0 N–H and O–H groups in total. The normalized spacial score (nSPS) is 20.3. The molecule has 5 nitrogen and oxygen atoms in total. The minimum atomic E-state index is 0.0418. The zero-order valence-electron chi connectivity index (χ0n) is 16.7. The molecule has 3 aliphatic rings. The molecule has 29 heavy (non-hydrogen) atoms. The van der Waals surface area contributed by atoms with E-state index in [2.05, 4.69) is 18.2 Å². The Labute approximate surface area is 171 Å². The Hall–Kier alpha value is -2.69. The van der Waals surface area contributed by atoms with E-state index in [0.29, 0.717) is 13.2 Å². The number of amides is 1. The van der Waals surface area contributed by atoms with Crippen LogP contribution in [0.3, 0.4) is 0 Å². The van der Waals surface area contributed by atoms with E-state index in [9.17, 15) is 4.79 Å². The summed E-state index contributed by atoms with van der Waals surface area (Å²) in [7, 11) is 0. The van der Waals surface area contributed by atoms with E-state index in [-0.39, 0.29) is 18.6 Å². The summed E-state index contributed by atoms with van der Waals surface area (Å²) in [6, 6.07) is 12.4. The molecule has 2 heterocycles. The number of carbonyl (C=O) groups excluding carboxylic acids is 1. The number of hydrogen-bond donors (Lipinski definition) is 0. The van der Waals surface area contributed by atoms with E-state index in [1.165, 1.54) is 17.5 Å². The van der Waals surface area contributed by atoms with Crippen LogP contribution in [0.4, 0.5) is 0 Å². The van der Waals surface area contributed by atoms with Gasteiger partial charge in [-0.05, 0) is 73.1 Å². The third-order valence-electron chi connectivity index (χ3n) is 6.16. The maximum atomic E-state index is 12.9. The predicted octanol–water partition coefficient (Wildman–Crippen LogP) is 4.08. The highest BCUT2D eigenvalue weighted by Gasteiger charge is 2.31. The van der Waals surface area contributed by atoms with Gasteiger partial charge in [0.2, 0.25) is 0 Å². The average Bonchev–Trinajstić information content (AvgIpc) is 3.36. The molecule has 1 aliphatic carbocycles. The van der Waals surface area contributed by atoms with Crippen LogP contribution in [0.25, 0.3) is 0 Å². The van der Waals surface area contributed by atoms with Gasteiger partial charge < -0.3 is 19.1 Å². The molecule has 0 radical (unpaired) electrons. The van der Waals surface area contributed by atoms with Crippen molar-refractivity contribution < 1.29 is 19.0 Å². The van der Waals surface area contributed by atoms with Crippen molar-refractivity contribution in [3.8, 4) is 17.2 Å². The van der Waals surface area contributed by atoms with Gasteiger partial charge in [-0.25, -0.2) is 0 Å². The van der Waals surface area contributed by atoms with Crippen LogP contribution in [0.5, 0.6) is 17.2 Å². The second-order valence-corrected chi connectivity index (χ2v) is 8.07. The van der Waals surface area contributed by atoms with E-state index in [0.717, 1.165) is 61.5 Å². The smallest absolute Gasteiger partial charge is 0.261 e. The van der Waals surface area contributed by atoms with E-state index in [4.69, 9.17) is 14.2 Å². The van der Waals surface area contributed by atoms with Crippen LogP contribution in [-0.4, -0.2) is 37.2 Å². The van der Waals surface area contributed by atoms with Crippen molar-refractivity contribution in [1.29, 1.82) is 0 Å². The lowest BCUT2D eigenvalue weighted by Gasteiger charge is -2.25. The number of benzene rings is 2. The van der Waals surface area contributed by atoms with Gasteiger partial charge in [0, 0.05) is 13.0 Å². The van der Waals surface area contributed by atoms with Gasteiger partial charge in [0.05, 0.1) is 19.3 Å². The summed E-state index contributed by atoms with van der Waals surface area (Å²) < 4.78 is 17.4. The van der Waals surface area contributed by atoms with Crippen molar-refractivity contribution in [2.75, 3.05) is 26.4 Å². The molecule has 0 aromatic heterocycles. The molecule has 1 saturated heterocycles. The summed E-state index contributed by atoms with van der Waals surface area (Å²) in [5.41, 5.74) is 3.89. The first-order valence-corrected chi connectivity index (χ1v) is 10.7. The lowest BCUT2D eigenvalue weighted by atomic mass is 10.0. The average molecular weight is 393 g/mol. The molecular formula is C24H27NO4. The van der Waals surface area contributed by atoms with Crippen molar-refractivity contribution in [2.45, 2.75) is 44.6 Å². The SMILES string of the molecule is O=C(COc1ccc2c(c1)CCC2)N1CCCC1c1ccc2c(c1)OCCCO2.